The lowest BCUT2D eigenvalue weighted by atomic mass is 9.99. The Morgan fingerprint density at radius 3 is 2.20 bits per heavy atom. The number of rotatable bonds is 6. The van der Waals surface area contributed by atoms with Crippen LogP contribution in [0.3, 0.4) is 0 Å². The number of nitrogens with one attached hydrogen (secondary N) is 1. The van der Waals surface area contributed by atoms with Gasteiger partial charge in [0.1, 0.15) is 0 Å². The Labute approximate surface area is 123 Å². The fourth-order valence-corrected chi connectivity index (χ4v) is 2.57. The lowest BCUT2D eigenvalue weighted by Crippen LogP contribution is -2.25. The highest BCUT2D eigenvalue weighted by Gasteiger charge is 2.12. The molecule has 2 aromatic rings. The SMILES string of the molecule is CCC(Nc1ccccc1Cc1ccccc1)C(C)C. The predicted octanol–water partition coefficient (Wildman–Crippen LogP) is 5.12. The van der Waals surface area contributed by atoms with Crippen LogP contribution >= 0.6 is 0 Å². The van der Waals surface area contributed by atoms with Gasteiger partial charge in [-0.05, 0) is 36.0 Å². The van der Waals surface area contributed by atoms with Crippen molar-refractivity contribution in [1.29, 1.82) is 0 Å². The zero-order valence-corrected chi connectivity index (χ0v) is 12.8. The highest BCUT2D eigenvalue weighted by molar-refractivity contribution is 5.53. The molecule has 0 spiro atoms. The summed E-state index contributed by atoms with van der Waals surface area (Å²) in [4.78, 5) is 0. The first kappa shape index (κ1) is 14.6. The molecule has 0 heterocycles. The van der Waals surface area contributed by atoms with Crippen molar-refractivity contribution < 1.29 is 0 Å². The molecule has 0 aliphatic carbocycles. The van der Waals surface area contributed by atoms with Crippen LogP contribution in [0, 0.1) is 5.92 Å². The Hall–Kier alpha value is -1.76. The van der Waals surface area contributed by atoms with Crippen LogP contribution in [0.15, 0.2) is 54.6 Å². The maximum absolute atomic E-state index is 3.72. The molecule has 0 aliphatic heterocycles. The van der Waals surface area contributed by atoms with Gasteiger partial charge in [0.25, 0.3) is 0 Å². The molecule has 1 atom stereocenters. The van der Waals surface area contributed by atoms with Gasteiger partial charge >= 0.3 is 0 Å². The highest BCUT2D eigenvalue weighted by Crippen LogP contribution is 2.22. The summed E-state index contributed by atoms with van der Waals surface area (Å²) in [5.41, 5.74) is 4.01. The van der Waals surface area contributed by atoms with Crippen molar-refractivity contribution in [2.45, 2.75) is 39.7 Å². The summed E-state index contributed by atoms with van der Waals surface area (Å²) in [6.07, 6.45) is 2.13. The van der Waals surface area contributed by atoms with E-state index in [1.807, 2.05) is 0 Å². The topological polar surface area (TPSA) is 12.0 Å². The Morgan fingerprint density at radius 2 is 1.55 bits per heavy atom. The van der Waals surface area contributed by atoms with Crippen LogP contribution in [0.4, 0.5) is 5.69 Å². The monoisotopic (exact) mass is 267 g/mol. The molecule has 106 valence electrons. The lowest BCUT2D eigenvalue weighted by Gasteiger charge is -2.23. The molecular weight excluding hydrogens is 242 g/mol. The molecule has 2 rings (SSSR count). The molecule has 1 N–H and O–H groups in total. The van der Waals surface area contributed by atoms with Gasteiger partial charge in [-0.25, -0.2) is 0 Å². The molecule has 0 aromatic heterocycles. The molecule has 0 amide bonds. The maximum Gasteiger partial charge on any atom is 0.0378 e. The zero-order valence-electron chi connectivity index (χ0n) is 12.8. The van der Waals surface area contributed by atoms with E-state index >= 15 is 0 Å². The molecular formula is C19H25N. The third kappa shape index (κ3) is 3.86. The van der Waals surface area contributed by atoms with Gasteiger partial charge < -0.3 is 5.32 Å². The predicted molar refractivity (Wildman–Crippen MR) is 88.2 cm³/mol. The summed E-state index contributed by atoms with van der Waals surface area (Å²) in [5.74, 6) is 0.643. The standard InChI is InChI=1S/C19H25N/c1-4-18(15(2)3)20-19-13-9-8-12-17(19)14-16-10-6-5-7-11-16/h5-13,15,18,20H,4,14H2,1-3H3. The van der Waals surface area contributed by atoms with Gasteiger partial charge in [0.2, 0.25) is 0 Å². The third-order valence-electron chi connectivity index (χ3n) is 3.84. The molecule has 1 nitrogen and oxygen atoms in total. The van der Waals surface area contributed by atoms with Crippen molar-refractivity contribution in [3.05, 3.63) is 65.7 Å². The molecule has 1 unspecified atom stereocenters. The molecule has 1 heteroatoms. The third-order valence-corrected chi connectivity index (χ3v) is 3.84. The van der Waals surface area contributed by atoms with Gasteiger partial charge in [-0.1, -0.05) is 69.3 Å². The van der Waals surface area contributed by atoms with Crippen molar-refractivity contribution in [1.82, 2.24) is 0 Å². The highest BCUT2D eigenvalue weighted by atomic mass is 14.9. The Morgan fingerprint density at radius 1 is 0.900 bits per heavy atom. The van der Waals surface area contributed by atoms with Crippen LogP contribution < -0.4 is 5.32 Å². The van der Waals surface area contributed by atoms with E-state index in [4.69, 9.17) is 0 Å². The van der Waals surface area contributed by atoms with Crippen LogP contribution in [-0.4, -0.2) is 6.04 Å². The van der Waals surface area contributed by atoms with Gasteiger partial charge in [0.15, 0.2) is 0 Å². The minimum atomic E-state index is 0.534. The fraction of sp³-hybridized carbons (Fsp3) is 0.368. The molecule has 0 saturated carbocycles. The van der Waals surface area contributed by atoms with Crippen LogP contribution in [0.2, 0.25) is 0 Å². The number of benzene rings is 2. The smallest absolute Gasteiger partial charge is 0.0378 e. The summed E-state index contributed by atoms with van der Waals surface area (Å²) in [7, 11) is 0. The van der Waals surface area contributed by atoms with Crippen LogP contribution in [0.5, 0.6) is 0 Å². The first-order chi connectivity index (χ1) is 9.70. The number of hydrogen-bond donors (Lipinski definition) is 1. The van der Waals surface area contributed by atoms with E-state index in [1.165, 1.54) is 16.8 Å². The van der Waals surface area contributed by atoms with Gasteiger partial charge in [-0.3, -0.25) is 0 Å². The van der Waals surface area contributed by atoms with Crippen LogP contribution in [-0.2, 0) is 6.42 Å². The van der Waals surface area contributed by atoms with E-state index in [9.17, 15) is 0 Å². The van der Waals surface area contributed by atoms with Gasteiger partial charge in [-0.2, -0.15) is 0 Å². The van der Waals surface area contributed by atoms with E-state index in [2.05, 4.69) is 80.7 Å². The summed E-state index contributed by atoms with van der Waals surface area (Å²) in [5, 5.41) is 3.72. The lowest BCUT2D eigenvalue weighted by molar-refractivity contribution is 0.511. The quantitative estimate of drug-likeness (QED) is 0.765. The maximum atomic E-state index is 3.72. The average Bonchev–Trinajstić information content (AvgIpc) is 2.47. The van der Waals surface area contributed by atoms with Crippen LogP contribution in [0.1, 0.15) is 38.3 Å². The molecule has 0 fully saturated rings. The average molecular weight is 267 g/mol. The van der Waals surface area contributed by atoms with E-state index in [1.54, 1.807) is 0 Å². The summed E-state index contributed by atoms with van der Waals surface area (Å²) < 4.78 is 0. The summed E-state index contributed by atoms with van der Waals surface area (Å²) in [6.45, 7) is 6.80. The van der Waals surface area contributed by atoms with E-state index in [-0.39, 0.29) is 0 Å². The Bertz CT molecular complexity index is 516. The normalized spacial score (nSPS) is 12.4. The molecule has 0 aliphatic rings. The Kier molecular flexibility index (Phi) is 5.23. The second kappa shape index (κ2) is 7.14. The minimum absolute atomic E-state index is 0.534. The van der Waals surface area contributed by atoms with Crippen molar-refractivity contribution >= 4 is 5.69 Å². The summed E-state index contributed by atoms with van der Waals surface area (Å²) >= 11 is 0. The number of anilines is 1. The fourth-order valence-electron chi connectivity index (χ4n) is 2.57. The van der Waals surface area contributed by atoms with E-state index < -0.39 is 0 Å². The van der Waals surface area contributed by atoms with Crippen molar-refractivity contribution in [3.8, 4) is 0 Å². The van der Waals surface area contributed by atoms with Gasteiger partial charge in [0, 0.05) is 11.7 Å². The van der Waals surface area contributed by atoms with Crippen molar-refractivity contribution in [2.75, 3.05) is 5.32 Å². The zero-order chi connectivity index (χ0) is 14.4. The number of para-hydroxylation sites is 1. The number of hydrogen-bond acceptors (Lipinski definition) is 1. The molecule has 0 saturated heterocycles. The molecule has 0 radical (unpaired) electrons. The van der Waals surface area contributed by atoms with Crippen molar-refractivity contribution in [3.63, 3.8) is 0 Å². The van der Waals surface area contributed by atoms with E-state index in [0.29, 0.717) is 12.0 Å². The first-order valence-electron chi connectivity index (χ1n) is 7.59. The van der Waals surface area contributed by atoms with Gasteiger partial charge in [0.05, 0.1) is 0 Å². The summed E-state index contributed by atoms with van der Waals surface area (Å²) in [6, 6.07) is 19.9. The minimum Gasteiger partial charge on any atom is -0.382 e. The van der Waals surface area contributed by atoms with Crippen molar-refractivity contribution in [2.24, 2.45) is 5.92 Å². The van der Waals surface area contributed by atoms with Gasteiger partial charge in [-0.15, -0.1) is 0 Å². The molecule has 2 aromatic carbocycles. The molecule has 20 heavy (non-hydrogen) atoms. The second-order valence-corrected chi connectivity index (χ2v) is 5.72. The van der Waals surface area contributed by atoms with Crippen LogP contribution in [0.25, 0.3) is 0 Å². The first-order valence-corrected chi connectivity index (χ1v) is 7.59. The molecule has 0 bridgehead atoms. The second-order valence-electron chi connectivity index (χ2n) is 5.72. The Balaban J connectivity index is 2.18. The largest absolute Gasteiger partial charge is 0.382 e. The van der Waals surface area contributed by atoms with E-state index in [0.717, 1.165) is 12.8 Å².